The summed E-state index contributed by atoms with van der Waals surface area (Å²) in [7, 11) is 1.77. The molecule has 1 aromatic carbocycles. The number of fused-ring (bicyclic) bond motifs is 1. The van der Waals surface area contributed by atoms with E-state index in [-0.39, 0.29) is 28.1 Å². The first-order valence-corrected chi connectivity index (χ1v) is 7.43. The molecule has 2 heterocycles. The van der Waals surface area contributed by atoms with Crippen LogP contribution in [0.15, 0.2) is 23.0 Å². The monoisotopic (exact) mass is 314 g/mol. The van der Waals surface area contributed by atoms with E-state index in [9.17, 15) is 19.1 Å². The second-order valence-corrected chi connectivity index (χ2v) is 5.80. The minimum absolute atomic E-state index is 0.0552. The molecule has 3 rings (SSSR count). The van der Waals surface area contributed by atoms with E-state index in [2.05, 4.69) is 5.32 Å². The van der Waals surface area contributed by atoms with Gasteiger partial charge in [0.1, 0.15) is 19.2 Å². The molecule has 7 heteroatoms. The van der Waals surface area contributed by atoms with Crippen molar-refractivity contribution >= 4 is 30.7 Å². The Kier molecular flexibility index (Phi) is 3.71. The Bertz CT molecular complexity index is 877. The molecule has 0 radical (unpaired) electrons. The third kappa shape index (κ3) is 2.52. The fraction of sp³-hybridized carbons (Fsp3) is 0.250. The first-order valence-electron chi connectivity index (χ1n) is 7.43. The highest BCUT2D eigenvalue weighted by molar-refractivity contribution is 6.32. The Labute approximate surface area is 133 Å². The summed E-state index contributed by atoms with van der Waals surface area (Å²) in [5, 5.41) is 12.4. The zero-order chi connectivity index (χ0) is 16.7. The van der Waals surface area contributed by atoms with E-state index in [1.165, 1.54) is 10.6 Å². The van der Waals surface area contributed by atoms with Crippen molar-refractivity contribution in [2.75, 3.05) is 5.32 Å². The Morgan fingerprint density at radius 3 is 2.83 bits per heavy atom. The predicted octanol–water partition coefficient (Wildman–Crippen LogP) is 0.942. The fourth-order valence-electron chi connectivity index (χ4n) is 3.04. The predicted molar refractivity (Wildman–Crippen MR) is 88.6 cm³/mol. The SMILES string of the molecule is Bc1ccc(Nc2c(C(=O)O)c3n(c(=O)c2C)CCC3)c(F)c1. The van der Waals surface area contributed by atoms with Gasteiger partial charge in [0.25, 0.3) is 5.56 Å². The van der Waals surface area contributed by atoms with Gasteiger partial charge in [-0.3, -0.25) is 4.79 Å². The molecule has 2 N–H and O–H groups in total. The van der Waals surface area contributed by atoms with Crippen molar-refractivity contribution in [2.24, 2.45) is 0 Å². The van der Waals surface area contributed by atoms with Gasteiger partial charge in [0.2, 0.25) is 0 Å². The van der Waals surface area contributed by atoms with E-state index in [0.717, 1.165) is 11.9 Å². The normalized spacial score (nSPS) is 13.0. The molecular formula is C16H16BFN2O3. The summed E-state index contributed by atoms with van der Waals surface area (Å²) in [6, 6.07) is 4.63. The van der Waals surface area contributed by atoms with Gasteiger partial charge in [-0.1, -0.05) is 11.5 Å². The number of hydrogen-bond donors (Lipinski definition) is 2. The van der Waals surface area contributed by atoms with Gasteiger partial charge < -0.3 is 15.0 Å². The van der Waals surface area contributed by atoms with Crippen LogP contribution in [0.25, 0.3) is 0 Å². The average Bonchev–Trinajstić information content (AvgIpc) is 2.96. The highest BCUT2D eigenvalue weighted by atomic mass is 19.1. The van der Waals surface area contributed by atoms with Crippen LogP contribution in [0.2, 0.25) is 0 Å². The maximum absolute atomic E-state index is 14.1. The number of nitrogens with zero attached hydrogens (tertiary/aromatic N) is 1. The molecule has 1 aliphatic heterocycles. The van der Waals surface area contributed by atoms with E-state index in [0.29, 0.717) is 18.7 Å². The molecule has 0 fully saturated rings. The van der Waals surface area contributed by atoms with Gasteiger partial charge in [-0.15, -0.1) is 0 Å². The molecule has 5 nitrogen and oxygen atoms in total. The molecule has 2 aromatic rings. The molecule has 0 saturated carbocycles. The van der Waals surface area contributed by atoms with Gasteiger partial charge in [-0.25, -0.2) is 9.18 Å². The average molecular weight is 314 g/mol. The number of aromatic nitrogens is 1. The summed E-state index contributed by atoms with van der Waals surface area (Å²) in [5.74, 6) is -1.60. The lowest BCUT2D eigenvalue weighted by Gasteiger charge is -2.17. The number of hydrogen-bond acceptors (Lipinski definition) is 3. The van der Waals surface area contributed by atoms with Gasteiger partial charge in [-0.2, -0.15) is 0 Å². The van der Waals surface area contributed by atoms with Gasteiger partial charge in [0.05, 0.1) is 11.4 Å². The van der Waals surface area contributed by atoms with Crippen molar-refractivity contribution < 1.29 is 14.3 Å². The van der Waals surface area contributed by atoms with Crippen LogP contribution >= 0.6 is 0 Å². The Morgan fingerprint density at radius 1 is 1.43 bits per heavy atom. The van der Waals surface area contributed by atoms with Gasteiger partial charge in [0.15, 0.2) is 0 Å². The van der Waals surface area contributed by atoms with Gasteiger partial charge >= 0.3 is 5.97 Å². The van der Waals surface area contributed by atoms with Crippen molar-refractivity contribution in [3.05, 3.63) is 51.2 Å². The van der Waals surface area contributed by atoms with Crippen LogP contribution < -0.4 is 16.3 Å². The molecule has 23 heavy (non-hydrogen) atoms. The molecule has 0 amide bonds. The number of aromatic carboxylic acids is 1. The van der Waals surface area contributed by atoms with E-state index in [1.54, 1.807) is 26.9 Å². The maximum Gasteiger partial charge on any atom is 0.339 e. The second kappa shape index (κ2) is 5.57. The van der Waals surface area contributed by atoms with Crippen LogP contribution in [0, 0.1) is 12.7 Å². The number of anilines is 2. The van der Waals surface area contributed by atoms with Crippen LogP contribution in [0.4, 0.5) is 15.8 Å². The lowest BCUT2D eigenvalue weighted by Crippen LogP contribution is -2.26. The third-order valence-electron chi connectivity index (χ3n) is 4.20. The van der Waals surface area contributed by atoms with Crippen molar-refractivity contribution in [1.29, 1.82) is 0 Å². The number of pyridine rings is 1. The zero-order valence-corrected chi connectivity index (χ0v) is 12.9. The smallest absolute Gasteiger partial charge is 0.339 e. The number of carbonyl (C=O) groups is 1. The van der Waals surface area contributed by atoms with Crippen LogP contribution in [0.5, 0.6) is 0 Å². The topological polar surface area (TPSA) is 71.3 Å². The number of carboxylic acids is 1. The number of benzene rings is 1. The molecule has 1 aromatic heterocycles. The summed E-state index contributed by atoms with van der Waals surface area (Å²) < 4.78 is 15.6. The fourth-order valence-corrected chi connectivity index (χ4v) is 3.04. The number of carboxylic acid groups (broad SMARTS) is 1. The third-order valence-corrected chi connectivity index (χ3v) is 4.20. The largest absolute Gasteiger partial charge is 0.478 e. The molecule has 0 aliphatic carbocycles. The highest BCUT2D eigenvalue weighted by Crippen LogP contribution is 2.29. The summed E-state index contributed by atoms with van der Waals surface area (Å²) in [4.78, 5) is 24.1. The maximum atomic E-state index is 14.1. The van der Waals surface area contributed by atoms with Crippen molar-refractivity contribution in [3.63, 3.8) is 0 Å². The standard InChI is InChI=1S/C16H16BFN2O3/c1-8-14(19-11-5-4-9(17)7-10(11)18)13(16(22)23)12-3-2-6-20(12)15(8)21/h4-5,7,19H,2-3,6,17H2,1H3,(H,22,23). The molecule has 0 spiro atoms. The lowest BCUT2D eigenvalue weighted by molar-refractivity contribution is 0.0696. The molecule has 1 aliphatic rings. The van der Waals surface area contributed by atoms with Crippen LogP contribution in [-0.2, 0) is 13.0 Å². The van der Waals surface area contributed by atoms with Crippen molar-refractivity contribution in [1.82, 2.24) is 4.57 Å². The van der Waals surface area contributed by atoms with Crippen LogP contribution in [-0.4, -0.2) is 23.5 Å². The second-order valence-electron chi connectivity index (χ2n) is 5.80. The Hall–Kier alpha value is -2.57. The van der Waals surface area contributed by atoms with Gasteiger partial charge in [0, 0.05) is 17.8 Å². The summed E-state index contributed by atoms with van der Waals surface area (Å²) >= 11 is 0. The van der Waals surface area contributed by atoms with Crippen LogP contribution in [0.3, 0.4) is 0 Å². The molecule has 118 valence electrons. The molecule has 0 bridgehead atoms. The molecule has 0 saturated heterocycles. The minimum atomic E-state index is -1.12. The Morgan fingerprint density at radius 2 is 2.17 bits per heavy atom. The Balaban J connectivity index is 2.21. The van der Waals surface area contributed by atoms with E-state index in [1.807, 2.05) is 0 Å². The van der Waals surface area contributed by atoms with Gasteiger partial charge in [-0.05, 0) is 31.9 Å². The zero-order valence-electron chi connectivity index (χ0n) is 12.9. The number of rotatable bonds is 3. The first-order chi connectivity index (χ1) is 10.9. The first kappa shape index (κ1) is 15.3. The quantitative estimate of drug-likeness (QED) is 0.827. The van der Waals surface area contributed by atoms with Crippen molar-refractivity contribution in [2.45, 2.75) is 26.3 Å². The van der Waals surface area contributed by atoms with Crippen LogP contribution in [0.1, 0.15) is 28.0 Å². The van der Waals surface area contributed by atoms with E-state index in [4.69, 9.17) is 0 Å². The van der Waals surface area contributed by atoms with E-state index < -0.39 is 11.8 Å². The highest BCUT2D eigenvalue weighted by Gasteiger charge is 2.27. The molecular weight excluding hydrogens is 298 g/mol. The lowest BCUT2D eigenvalue weighted by atomic mass is 9.96. The molecule has 0 unspecified atom stereocenters. The van der Waals surface area contributed by atoms with E-state index >= 15 is 0 Å². The number of halogens is 1. The summed E-state index contributed by atoms with van der Waals surface area (Å²) in [6.45, 7) is 2.09. The van der Waals surface area contributed by atoms with Crippen molar-refractivity contribution in [3.8, 4) is 0 Å². The summed E-state index contributed by atoms with van der Waals surface area (Å²) in [5.41, 5.74) is 1.72. The molecule has 0 atom stereocenters. The summed E-state index contributed by atoms with van der Waals surface area (Å²) in [6.07, 6.45) is 1.26. The minimum Gasteiger partial charge on any atom is -0.478 e. The number of nitrogens with one attached hydrogen (secondary N) is 1.